The van der Waals surface area contributed by atoms with Gasteiger partial charge in [0.25, 0.3) is 5.91 Å². The first-order chi connectivity index (χ1) is 13.9. The van der Waals surface area contributed by atoms with Crippen LogP contribution < -0.4 is 20.1 Å². The zero-order chi connectivity index (χ0) is 21.0. The Morgan fingerprint density at radius 1 is 1.14 bits per heavy atom. The lowest BCUT2D eigenvalue weighted by Crippen LogP contribution is -2.31. The molecule has 1 heterocycles. The molecule has 1 aliphatic heterocycles. The summed E-state index contributed by atoms with van der Waals surface area (Å²) >= 11 is 0. The van der Waals surface area contributed by atoms with Gasteiger partial charge in [-0.15, -0.1) is 0 Å². The predicted octanol–water partition coefficient (Wildman–Crippen LogP) is 2.53. The van der Waals surface area contributed by atoms with Gasteiger partial charge < -0.3 is 25.2 Å². The van der Waals surface area contributed by atoms with Gasteiger partial charge in [-0.05, 0) is 42.3 Å². The van der Waals surface area contributed by atoms with Crippen molar-refractivity contribution in [2.24, 2.45) is 0 Å². The fourth-order valence-corrected chi connectivity index (χ4v) is 3.29. The van der Waals surface area contributed by atoms with E-state index >= 15 is 0 Å². The average Bonchev–Trinajstić information content (AvgIpc) is 2.71. The fourth-order valence-electron chi connectivity index (χ4n) is 3.29. The minimum Gasteiger partial charge on any atom is -0.497 e. The zero-order valence-corrected chi connectivity index (χ0v) is 16.2. The van der Waals surface area contributed by atoms with Gasteiger partial charge in [0.1, 0.15) is 11.5 Å². The van der Waals surface area contributed by atoms with Crippen LogP contribution in [0, 0.1) is 0 Å². The van der Waals surface area contributed by atoms with E-state index in [1.54, 1.807) is 36.4 Å². The Balaban J connectivity index is 1.86. The van der Waals surface area contributed by atoms with Crippen molar-refractivity contribution in [3.63, 3.8) is 0 Å². The number of hydrogen-bond acceptors (Lipinski definition) is 5. The number of aliphatic carboxylic acids is 1. The molecule has 2 aromatic rings. The van der Waals surface area contributed by atoms with E-state index < -0.39 is 17.9 Å². The molecule has 8 heteroatoms. The van der Waals surface area contributed by atoms with Crippen LogP contribution in [-0.2, 0) is 16.0 Å². The van der Waals surface area contributed by atoms with Crippen molar-refractivity contribution in [1.29, 1.82) is 0 Å². The van der Waals surface area contributed by atoms with Gasteiger partial charge >= 0.3 is 5.97 Å². The Morgan fingerprint density at radius 2 is 1.93 bits per heavy atom. The van der Waals surface area contributed by atoms with Crippen LogP contribution >= 0.6 is 0 Å². The van der Waals surface area contributed by atoms with Gasteiger partial charge in [-0.2, -0.15) is 0 Å². The van der Waals surface area contributed by atoms with Crippen molar-refractivity contribution in [2.75, 3.05) is 19.5 Å². The third-order valence-electron chi connectivity index (χ3n) is 4.76. The molecule has 0 saturated heterocycles. The van der Waals surface area contributed by atoms with E-state index in [0.29, 0.717) is 41.2 Å². The summed E-state index contributed by atoms with van der Waals surface area (Å²) in [4.78, 5) is 35.7. The van der Waals surface area contributed by atoms with Crippen LogP contribution in [0.1, 0.15) is 40.4 Å². The van der Waals surface area contributed by atoms with Crippen LogP contribution in [0.25, 0.3) is 0 Å². The molecule has 2 aromatic carbocycles. The number of anilines is 1. The number of amides is 2. The summed E-state index contributed by atoms with van der Waals surface area (Å²) < 4.78 is 10.5. The van der Waals surface area contributed by atoms with Crippen molar-refractivity contribution in [1.82, 2.24) is 5.32 Å². The number of carbonyl (C=O) groups is 3. The topological polar surface area (TPSA) is 114 Å². The second-order valence-electron chi connectivity index (χ2n) is 6.65. The van der Waals surface area contributed by atoms with Crippen LogP contribution in [0.3, 0.4) is 0 Å². The highest BCUT2D eigenvalue weighted by molar-refractivity contribution is 5.98. The molecule has 1 aliphatic rings. The highest BCUT2D eigenvalue weighted by Crippen LogP contribution is 2.31. The molecule has 0 bridgehead atoms. The maximum absolute atomic E-state index is 12.8. The number of carboxylic acids is 1. The van der Waals surface area contributed by atoms with Crippen molar-refractivity contribution < 1.29 is 29.0 Å². The smallest absolute Gasteiger partial charge is 0.305 e. The fraction of sp³-hybridized carbons (Fsp3) is 0.286. The van der Waals surface area contributed by atoms with E-state index in [0.717, 1.165) is 5.56 Å². The van der Waals surface area contributed by atoms with Crippen LogP contribution in [-0.4, -0.2) is 37.1 Å². The normalized spacial score (nSPS) is 13.7. The number of carbonyl (C=O) groups excluding carboxylic acids is 2. The zero-order valence-electron chi connectivity index (χ0n) is 16.2. The van der Waals surface area contributed by atoms with Gasteiger partial charge in [0.05, 0.1) is 26.7 Å². The SMILES string of the molecule is COc1ccc(C(CC(=O)O)NC(=O)c2ccc3c(c2)CCC(=O)N3)c(OC)c1. The maximum atomic E-state index is 12.8. The van der Waals surface area contributed by atoms with E-state index in [4.69, 9.17) is 9.47 Å². The number of nitrogens with one attached hydrogen (secondary N) is 2. The summed E-state index contributed by atoms with van der Waals surface area (Å²) in [6.07, 6.45) is 0.603. The van der Waals surface area contributed by atoms with E-state index in [9.17, 15) is 19.5 Å². The maximum Gasteiger partial charge on any atom is 0.305 e. The summed E-state index contributed by atoms with van der Waals surface area (Å²) in [7, 11) is 2.99. The molecule has 0 radical (unpaired) electrons. The average molecular weight is 398 g/mol. The number of ether oxygens (including phenoxy) is 2. The lowest BCUT2D eigenvalue weighted by atomic mass is 9.98. The molecule has 2 amide bonds. The van der Waals surface area contributed by atoms with E-state index in [2.05, 4.69) is 10.6 Å². The summed E-state index contributed by atoms with van der Waals surface area (Å²) in [5, 5.41) is 14.9. The molecule has 152 valence electrons. The van der Waals surface area contributed by atoms with E-state index in [-0.39, 0.29) is 12.3 Å². The molecule has 0 aromatic heterocycles. The third kappa shape index (κ3) is 4.66. The molecule has 8 nitrogen and oxygen atoms in total. The first kappa shape index (κ1) is 20.2. The first-order valence-corrected chi connectivity index (χ1v) is 9.08. The molecule has 0 aliphatic carbocycles. The Kier molecular flexibility index (Phi) is 6.01. The molecule has 3 rings (SSSR count). The molecule has 0 fully saturated rings. The van der Waals surface area contributed by atoms with E-state index in [1.807, 2.05) is 0 Å². The van der Waals surface area contributed by atoms with Gasteiger partial charge in [-0.1, -0.05) is 0 Å². The van der Waals surface area contributed by atoms with Crippen LogP contribution in [0.5, 0.6) is 11.5 Å². The monoisotopic (exact) mass is 398 g/mol. The number of benzene rings is 2. The second kappa shape index (κ2) is 8.64. The van der Waals surface area contributed by atoms with Crippen LogP contribution in [0.2, 0.25) is 0 Å². The molecular formula is C21H22N2O6. The molecule has 29 heavy (non-hydrogen) atoms. The van der Waals surface area contributed by atoms with Crippen LogP contribution in [0.15, 0.2) is 36.4 Å². The number of hydrogen-bond donors (Lipinski definition) is 3. The second-order valence-corrected chi connectivity index (χ2v) is 6.65. The molecule has 1 atom stereocenters. The third-order valence-corrected chi connectivity index (χ3v) is 4.76. The van der Waals surface area contributed by atoms with Gasteiger partial charge in [-0.3, -0.25) is 14.4 Å². The Morgan fingerprint density at radius 3 is 2.62 bits per heavy atom. The Labute approximate surface area is 167 Å². The number of fused-ring (bicyclic) bond motifs is 1. The summed E-state index contributed by atoms with van der Waals surface area (Å²) in [6, 6.07) is 9.20. The molecule has 1 unspecified atom stereocenters. The quantitative estimate of drug-likeness (QED) is 0.660. The standard InChI is InChI=1S/C21H22N2O6/c1-28-14-5-6-15(18(10-14)29-2)17(11-20(25)26)23-21(27)13-3-7-16-12(9-13)4-8-19(24)22-16/h3,5-7,9-10,17H,4,8,11H2,1-2H3,(H,22,24)(H,23,27)(H,25,26). The lowest BCUT2D eigenvalue weighted by Gasteiger charge is -2.21. The molecule has 0 spiro atoms. The lowest BCUT2D eigenvalue weighted by molar-refractivity contribution is -0.137. The summed E-state index contributed by atoms with van der Waals surface area (Å²) in [5.74, 6) is -0.537. The number of rotatable bonds is 7. The predicted molar refractivity (Wildman–Crippen MR) is 105 cm³/mol. The van der Waals surface area contributed by atoms with Gasteiger partial charge in [0.15, 0.2) is 0 Å². The van der Waals surface area contributed by atoms with Gasteiger partial charge in [0, 0.05) is 29.3 Å². The highest BCUT2D eigenvalue weighted by Gasteiger charge is 2.24. The van der Waals surface area contributed by atoms with Crippen LogP contribution in [0.4, 0.5) is 5.69 Å². The largest absolute Gasteiger partial charge is 0.497 e. The minimum atomic E-state index is -1.05. The Bertz CT molecular complexity index is 956. The highest BCUT2D eigenvalue weighted by atomic mass is 16.5. The van der Waals surface area contributed by atoms with Gasteiger partial charge in [-0.25, -0.2) is 0 Å². The van der Waals surface area contributed by atoms with Gasteiger partial charge in [0.2, 0.25) is 5.91 Å². The van der Waals surface area contributed by atoms with Crippen molar-refractivity contribution in [2.45, 2.75) is 25.3 Å². The van der Waals surface area contributed by atoms with Crippen molar-refractivity contribution in [3.05, 3.63) is 53.1 Å². The first-order valence-electron chi connectivity index (χ1n) is 9.08. The summed E-state index contributed by atoms with van der Waals surface area (Å²) in [5.41, 5.74) is 2.49. The number of methoxy groups -OCH3 is 2. The van der Waals surface area contributed by atoms with Crippen molar-refractivity contribution in [3.8, 4) is 11.5 Å². The van der Waals surface area contributed by atoms with E-state index in [1.165, 1.54) is 14.2 Å². The van der Waals surface area contributed by atoms with Crippen molar-refractivity contribution >= 4 is 23.5 Å². The summed E-state index contributed by atoms with van der Waals surface area (Å²) in [6.45, 7) is 0. The number of aryl methyl sites for hydroxylation is 1. The molecular weight excluding hydrogens is 376 g/mol. The Hall–Kier alpha value is -3.55. The number of carboxylic acid groups (broad SMARTS) is 1. The molecule has 0 saturated carbocycles. The minimum absolute atomic E-state index is 0.0529. The molecule has 3 N–H and O–H groups in total.